The fraction of sp³-hybridized carbons (Fsp3) is 0.475. The number of rotatable bonds is 22. The second-order valence-corrected chi connectivity index (χ2v) is 31.7. The van der Waals surface area contributed by atoms with Crippen molar-refractivity contribution < 1.29 is 56.6 Å². The summed E-state index contributed by atoms with van der Waals surface area (Å²) in [5.74, 6) is -0.572. The van der Waals surface area contributed by atoms with Crippen molar-refractivity contribution in [1.29, 1.82) is 0 Å². The van der Waals surface area contributed by atoms with Crippen molar-refractivity contribution in [2.24, 2.45) is 0 Å². The molecule has 1 N–H and O–H groups in total. The minimum Gasteiger partial charge on any atom is -0.450 e. The van der Waals surface area contributed by atoms with Gasteiger partial charge in [-0.25, -0.2) is 4.79 Å². The zero-order chi connectivity index (χ0) is 52.2. The fourth-order valence-corrected chi connectivity index (χ4v) is 10.9. The van der Waals surface area contributed by atoms with Gasteiger partial charge in [0.1, 0.15) is 42.7 Å². The molecule has 0 amide bonds. The van der Waals surface area contributed by atoms with Crippen LogP contribution in [0, 0.1) is 0 Å². The third-order valence-electron chi connectivity index (χ3n) is 14.6. The zero-order valence-electron chi connectivity index (χ0n) is 44.4. The van der Waals surface area contributed by atoms with E-state index in [9.17, 15) is 9.90 Å². The lowest BCUT2D eigenvalue weighted by atomic mass is 9.97. The van der Waals surface area contributed by atoms with Crippen molar-refractivity contribution in [3.8, 4) is 0 Å². The first-order valence-electron chi connectivity index (χ1n) is 25.6. The number of carbonyl (C=O) groups is 1. The standard InChI is InChI=1S/C59H78O12Si2/c1-58(2,3)72(7,8)70-50-47(40-62-36-42-26-16-11-17-27-42)68-57(54(52(50)71-73(9,10)59(4,5)6)69-55(60)46-34-24-15-25-35-46)66-41-48-49(63-37-43-28-18-12-19-29-43)51(64-38-44-30-20-13-21-31-44)53(56(61)67-48)65-39-45-32-22-14-23-33-45/h11-35,47-54,56-57,61H,36-41H2,1-10H3/t47-,48-,49-,50-,51+,52+,53-,54-,56+,57-/m1/s1. The van der Waals surface area contributed by atoms with Crippen LogP contribution in [-0.2, 0) is 73.2 Å². The third kappa shape index (κ3) is 15.4. The Balaban J connectivity index is 1.28. The maximum absolute atomic E-state index is 14.4. The monoisotopic (exact) mass is 1030 g/mol. The van der Waals surface area contributed by atoms with Gasteiger partial charge in [0, 0.05) is 0 Å². The van der Waals surface area contributed by atoms with Gasteiger partial charge < -0.3 is 51.9 Å². The molecule has 0 saturated carbocycles. The highest BCUT2D eigenvalue weighted by Gasteiger charge is 2.57. The summed E-state index contributed by atoms with van der Waals surface area (Å²) in [6.07, 6.45) is -9.80. The quantitative estimate of drug-likeness (QED) is 0.0523. The average molecular weight is 1040 g/mol. The molecular weight excluding hydrogens is 957 g/mol. The molecule has 7 rings (SSSR count). The number of ether oxygens (including phenoxy) is 8. The lowest BCUT2D eigenvalue weighted by Gasteiger charge is -2.52. The van der Waals surface area contributed by atoms with Crippen LogP contribution in [0.4, 0.5) is 0 Å². The number of benzene rings is 5. The molecule has 0 spiro atoms. The Morgan fingerprint density at radius 1 is 0.466 bits per heavy atom. The summed E-state index contributed by atoms with van der Waals surface area (Å²) < 4.78 is 68.8. The topological polar surface area (TPSA) is 130 Å². The van der Waals surface area contributed by atoms with Crippen molar-refractivity contribution in [1.82, 2.24) is 0 Å². The van der Waals surface area contributed by atoms with E-state index in [4.69, 9.17) is 46.7 Å². The van der Waals surface area contributed by atoms with Crippen molar-refractivity contribution in [2.75, 3.05) is 13.2 Å². The molecule has 2 saturated heterocycles. The Labute approximate surface area is 435 Å². The average Bonchev–Trinajstić information content (AvgIpc) is 3.36. The van der Waals surface area contributed by atoms with Gasteiger partial charge in [0.15, 0.2) is 35.3 Å². The number of aliphatic hydroxyl groups excluding tert-OH is 1. The molecule has 0 radical (unpaired) electrons. The second-order valence-electron chi connectivity index (χ2n) is 22.1. The van der Waals surface area contributed by atoms with E-state index < -0.39 is 84.0 Å². The van der Waals surface area contributed by atoms with Crippen molar-refractivity contribution >= 4 is 22.6 Å². The van der Waals surface area contributed by atoms with E-state index in [1.54, 1.807) is 24.3 Å². The van der Waals surface area contributed by atoms with E-state index in [1.165, 1.54) is 0 Å². The molecule has 0 aromatic heterocycles. The van der Waals surface area contributed by atoms with E-state index in [0.29, 0.717) is 12.2 Å². The van der Waals surface area contributed by atoms with Gasteiger partial charge in [-0.05, 0) is 70.7 Å². The first kappa shape index (κ1) is 56.3. The van der Waals surface area contributed by atoms with E-state index in [0.717, 1.165) is 22.3 Å². The van der Waals surface area contributed by atoms with Crippen LogP contribution in [0.1, 0.15) is 74.2 Å². The molecule has 2 aliphatic heterocycles. The van der Waals surface area contributed by atoms with Crippen LogP contribution in [0.3, 0.4) is 0 Å². The Bertz CT molecular complexity index is 2400. The summed E-state index contributed by atoms with van der Waals surface area (Å²) in [5, 5.41) is 11.6. The van der Waals surface area contributed by atoms with Crippen LogP contribution in [0.15, 0.2) is 152 Å². The van der Waals surface area contributed by atoms with Gasteiger partial charge in [-0.1, -0.05) is 181 Å². The molecule has 2 aliphatic rings. The predicted octanol–water partition coefficient (Wildman–Crippen LogP) is 11.4. The van der Waals surface area contributed by atoms with Crippen LogP contribution >= 0.6 is 0 Å². The van der Waals surface area contributed by atoms with Gasteiger partial charge in [-0.15, -0.1) is 0 Å². The summed E-state index contributed by atoms with van der Waals surface area (Å²) >= 11 is 0. The van der Waals surface area contributed by atoms with Crippen LogP contribution in [0.5, 0.6) is 0 Å². The Morgan fingerprint density at radius 2 is 0.863 bits per heavy atom. The van der Waals surface area contributed by atoms with Crippen LogP contribution in [0.2, 0.25) is 36.3 Å². The van der Waals surface area contributed by atoms with Crippen LogP contribution in [-0.4, -0.2) is 102 Å². The fourth-order valence-electron chi connectivity index (χ4n) is 8.30. The van der Waals surface area contributed by atoms with E-state index >= 15 is 0 Å². The highest BCUT2D eigenvalue weighted by Crippen LogP contribution is 2.44. The first-order valence-corrected chi connectivity index (χ1v) is 31.4. The molecule has 5 aromatic carbocycles. The summed E-state index contributed by atoms with van der Waals surface area (Å²) in [4.78, 5) is 14.4. The Morgan fingerprint density at radius 3 is 1.33 bits per heavy atom. The number of esters is 1. The van der Waals surface area contributed by atoms with Gasteiger partial charge in [0.25, 0.3) is 0 Å². The molecule has 10 atom stereocenters. The first-order chi connectivity index (χ1) is 34.8. The smallest absolute Gasteiger partial charge is 0.338 e. The Hall–Kier alpha value is -4.40. The molecule has 12 nitrogen and oxygen atoms in total. The van der Waals surface area contributed by atoms with Crippen molar-refractivity contribution in [3.05, 3.63) is 179 Å². The maximum atomic E-state index is 14.4. The normalized spacial score (nSPS) is 25.0. The summed E-state index contributed by atoms with van der Waals surface area (Å²) in [6, 6.07) is 48.3. The minimum atomic E-state index is -2.69. The lowest BCUT2D eigenvalue weighted by molar-refractivity contribution is -0.336. The van der Waals surface area contributed by atoms with Crippen molar-refractivity contribution in [2.45, 2.75) is 166 Å². The minimum absolute atomic E-state index is 0.113. The molecule has 0 aliphatic carbocycles. The van der Waals surface area contributed by atoms with Gasteiger partial charge in [0.2, 0.25) is 0 Å². The van der Waals surface area contributed by atoms with Crippen LogP contribution < -0.4 is 0 Å². The number of aliphatic hydroxyl groups is 1. The third-order valence-corrected chi connectivity index (χ3v) is 23.5. The number of carbonyl (C=O) groups excluding carboxylic acids is 1. The van der Waals surface area contributed by atoms with Gasteiger partial charge >= 0.3 is 5.97 Å². The molecular formula is C59H78O12Si2. The number of hydrogen-bond acceptors (Lipinski definition) is 12. The van der Waals surface area contributed by atoms with Crippen molar-refractivity contribution in [3.63, 3.8) is 0 Å². The van der Waals surface area contributed by atoms with Crippen LogP contribution in [0.25, 0.3) is 0 Å². The van der Waals surface area contributed by atoms with E-state index in [2.05, 4.69) is 67.7 Å². The number of hydrogen-bond donors (Lipinski definition) is 1. The molecule has 0 bridgehead atoms. The van der Waals surface area contributed by atoms with E-state index in [1.807, 2.05) is 127 Å². The van der Waals surface area contributed by atoms with Gasteiger partial charge in [-0.2, -0.15) is 0 Å². The molecule has 2 heterocycles. The lowest BCUT2D eigenvalue weighted by Crippen LogP contribution is -2.67. The predicted molar refractivity (Wildman–Crippen MR) is 286 cm³/mol. The van der Waals surface area contributed by atoms with Gasteiger partial charge in [-0.3, -0.25) is 0 Å². The summed E-state index contributed by atoms with van der Waals surface area (Å²) in [6.45, 7) is 22.7. The Kier molecular flexibility index (Phi) is 19.6. The largest absolute Gasteiger partial charge is 0.450 e. The molecule has 73 heavy (non-hydrogen) atoms. The highest BCUT2D eigenvalue weighted by molar-refractivity contribution is 6.74. The molecule has 14 heteroatoms. The maximum Gasteiger partial charge on any atom is 0.338 e. The molecule has 394 valence electrons. The molecule has 2 fully saturated rings. The SMILES string of the molecule is CC(C)(C)[Si](C)(C)O[C@@H]1[C@@H](OC(=O)c2ccccc2)[C@H](OC[C@H]2O[C@H](O)[C@H](OCc3ccccc3)[C@@H](OCc3ccccc3)[C@@H]2OCc2ccccc2)O[C@H](COCc2ccccc2)[C@H]1O[Si](C)(C)C(C)(C)C. The highest BCUT2D eigenvalue weighted by atomic mass is 28.4. The zero-order valence-corrected chi connectivity index (χ0v) is 46.4. The summed E-state index contributed by atoms with van der Waals surface area (Å²) in [7, 11) is -5.29. The molecule has 0 unspecified atom stereocenters. The molecule has 5 aromatic rings. The second kappa shape index (κ2) is 25.4. The van der Waals surface area contributed by atoms with E-state index in [-0.39, 0.29) is 43.1 Å². The van der Waals surface area contributed by atoms with Gasteiger partial charge in [0.05, 0.1) is 45.2 Å². The summed E-state index contributed by atoms with van der Waals surface area (Å²) in [5.41, 5.74) is 4.14.